The van der Waals surface area contributed by atoms with Crippen LogP contribution in [0.5, 0.6) is 0 Å². The van der Waals surface area contributed by atoms with Crippen LogP contribution in [0.1, 0.15) is 34.1 Å². The number of rotatable bonds is 6. The van der Waals surface area contributed by atoms with Crippen LogP contribution in [0.25, 0.3) is 0 Å². The minimum atomic E-state index is -1.11. The van der Waals surface area contributed by atoms with E-state index in [0.29, 0.717) is 6.54 Å². The Hall–Kier alpha value is -1.47. The topological polar surface area (TPSA) is 73.7 Å². The van der Waals surface area contributed by atoms with Crippen molar-refractivity contribution in [3.05, 3.63) is 16.1 Å². The highest BCUT2D eigenvalue weighted by Crippen LogP contribution is 2.14. The predicted molar refractivity (Wildman–Crippen MR) is 73.8 cm³/mol. The number of hydrogen-bond donors (Lipinski definition) is 1. The third-order valence-corrected chi connectivity index (χ3v) is 3.50. The van der Waals surface area contributed by atoms with Gasteiger partial charge in [0.2, 0.25) is 0 Å². The summed E-state index contributed by atoms with van der Waals surface area (Å²) in [6.07, 6.45) is 0. The number of likely N-dealkylation sites (N-methyl/N-ethyl adjacent to an activating group) is 2. The minimum Gasteiger partial charge on any atom is -0.476 e. The Bertz CT molecular complexity index is 459. The Morgan fingerprint density at radius 2 is 2.11 bits per heavy atom. The van der Waals surface area contributed by atoms with Gasteiger partial charge in [-0.3, -0.25) is 4.79 Å². The number of carbonyl (C=O) groups is 2. The first kappa shape index (κ1) is 15.6. The third-order valence-electron chi connectivity index (χ3n) is 2.67. The van der Waals surface area contributed by atoms with Gasteiger partial charge in [0.15, 0.2) is 10.7 Å². The summed E-state index contributed by atoms with van der Waals surface area (Å²) < 4.78 is 0. The summed E-state index contributed by atoms with van der Waals surface area (Å²) in [6, 6.07) is 0.0460. The fourth-order valence-electron chi connectivity index (χ4n) is 1.88. The summed E-state index contributed by atoms with van der Waals surface area (Å²) in [4.78, 5) is 30.6. The quantitative estimate of drug-likeness (QED) is 0.851. The zero-order valence-electron chi connectivity index (χ0n) is 11.6. The molecule has 1 heterocycles. The molecule has 0 aromatic carbocycles. The van der Waals surface area contributed by atoms with E-state index in [1.807, 2.05) is 32.8 Å². The number of aromatic nitrogens is 1. The lowest BCUT2D eigenvalue weighted by Gasteiger charge is -2.29. The number of hydrogen-bond acceptors (Lipinski definition) is 5. The van der Waals surface area contributed by atoms with Crippen LogP contribution in [-0.2, 0) is 0 Å². The van der Waals surface area contributed by atoms with E-state index in [1.165, 1.54) is 5.38 Å². The summed E-state index contributed by atoms with van der Waals surface area (Å²) in [6.45, 7) is 5.18. The summed E-state index contributed by atoms with van der Waals surface area (Å²) in [5.74, 6) is -1.32. The largest absolute Gasteiger partial charge is 0.476 e. The molecular formula is C12H19N3O3S. The molecule has 0 saturated carbocycles. The van der Waals surface area contributed by atoms with Gasteiger partial charge in [-0.2, -0.15) is 0 Å². The zero-order chi connectivity index (χ0) is 14.6. The van der Waals surface area contributed by atoms with Crippen LogP contribution in [0.3, 0.4) is 0 Å². The molecule has 0 aliphatic carbocycles. The van der Waals surface area contributed by atoms with Gasteiger partial charge in [0.1, 0.15) is 0 Å². The maximum atomic E-state index is 12.3. The lowest BCUT2D eigenvalue weighted by molar-refractivity contribution is 0.0677. The van der Waals surface area contributed by atoms with E-state index in [9.17, 15) is 9.59 Å². The van der Waals surface area contributed by atoms with Crippen molar-refractivity contribution >= 4 is 23.2 Å². The zero-order valence-corrected chi connectivity index (χ0v) is 12.4. The number of carboxylic acid groups (broad SMARTS) is 1. The van der Waals surface area contributed by atoms with E-state index in [1.54, 1.807) is 4.90 Å². The van der Waals surface area contributed by atoms with Gasteiger partial charge in [0, 0.05) is 24.5 Å². The fraction of sp³-hybridized carbons (Fsp3) is 0.583. The average Bonchev–Trinajstić information content (AvgIpc) is 2.77. The Balaban J connectivity index is 2.85. The predicted octanol–water partition coefficient (Wildman–Crippen LogP) is 1.25. The molecule has 0 aliphatic rings. The van der Waals surface area contributed by atoms with Crippen molar-refractivity contribution in [1.82, 2.24) is 14.8 Å². The number of amides is 1. The third kappa shape index (κ3) is 4.00. The Morgan fingerprint density at radius 3 is 2.53 bits per heavy atom. The van der Waals surface area contributed by atoms with Crippen molar-refractivity contribution < 1.29 is 14.7 Å². The van der Waals surface area contributed by atoms with Crippen LogP contribution >= 0.6 is 11.3 Å². The molecule has 0 spiro atoms. The average molecular weight is 285 g/mol. The van der Waals surface area contributed by atoms with Gasteiger partial charge < -0.3 is 14.9 Å². The van der Waals surface area contributed by atoms with Gasteiger partial charge in [-0.15, -0.1) is 11.3 Å². The van der Waals surface area contributed by atoms with E-state index < -0.39 is 5.97 Å². The smallest absolute Gasteiger partial charge is 0.355 e. The SMILES string of the molecule is CCN(C(=O)c1nc(C(=O)O)cs1)C(C)CN(C)C. The molecule has 1 aromatic heterocycles. The monoisotopic (exact) mass is 285 g/mol. The Kier molecular flexibility index (Phi) is 5.44. The Morgan fingerprint density at radius 1 is 1.47 bits per heavy atom. The first-order chi connectivity index (χ1) is 8.86. The highest BCUT2D eigenvalue weighted by Gasteiger charge is 2.23. The maximum absolute atomic E-state index is 12.3. The van der Waals surface area contributed by atoms with Crippen molar-refractivity contribution in [2.75, 3.05) is 27.2 Å². The summed E-state index contributed by atoms with van der Waals surface area (Å²) >= 11 is 1.07. The lowest BCUT2D eigenvalue weighted by Crippen LogP contribution is -2.43. The van der Waals surface area contributed by atoms with E-state index in [4.69, 9.17) is 5.11 Å². The van der Waals surface area contributed by atoms with Crippen molar-refractivity contribution in [1.29, 1.82) is 0 Å². The molecule has 0 bridgehead atoms. The number of carboxylic acids is 1. The normalized spacial score (nSPS) is 12.5. The first-order valence-electron chi connectivity index (χ1n) is 6.01. The van der Waals surface area contributed by atoms with Gasteiger partial charge in [0.25, 0.3) is 5.91 Å². The van der Waals surface area contributed by atoms with E-state index >= 15 is 0 Å². The second-order valence-electron chi connectivity index (χ2n) is 4.55. The molecule has 0 radical (unpaired) electrons. The van der Waals surface area contributed by atoms with Crippen LogP contribution in [-0.4, -0.2) is 65.0 Å². The highest BCUT2D eigenvalue weighted by molar-refractivity contribution is 7.11. The second kappa shape index (κ2) is 6.63. The fourth-order valence-corrected chi connectivity index (χ4v) is 2.62. The molecular weight excluding hydrogens is 266 g/mol. The number of aromatic carboxylic acids is 1. The van der Waals surface area contributed by atoms with Crippen molar-refractivity contribution in [3.8, 4) is 0 Å². The molecule has 6 nitrogen and oxygen atoms in total. The number of carbonyl (C=O) groups excluding carboxylic acids is 1. The van der Waals surface area contributed by atoms with Gasteiger partial charge >= 0.3 is 5.97 Å². The molecule has 106 valence electrons. The molecule has 0 aliphatic heterocycles. The standard InChI is InChI=1S/C12H19N3O3S/c1-5-15(8(2)6-14(3)4)11(16)10-13-9(7-19-10)12(17)18/h7-8H,5-6H2,1-4H3,(H,17,18). The molecule has 19 heavy (non-hydrogen) atoms. The number of nitrogens with zero attached hydrogens (tertiary/aromatic N) is 3. The summed E-state index contributed by atoms with van der Waals surface area (Å²) in [5.41, 5.74) is -0.0790. The summed E-state index contributed by atoms with van der Waals surface area (Å²) in [7, 11) is 3.89. The van der Waals surface area contributed by atoms with Gasteiger partial charge in [-0.25, -0.2) is 9.78 Å². The molecule has 0 saturated heterocycles. The van der Waals surface area contributed by atoms with Crippen molar-refractivity contribution in [2.45, 2.75) is 19.9 Å². The van der Waals surface area contributed by atoms with Crippen molar-refractivity contribution in [2.24, 2.45) is 0 Å². The highest BCUT2D eigenvalue weighted by atomic mass is 32.1. The van der Waals surface area contributed by atoms with Crippen LogP contribution in [0.4, 0.5) is 0 Å². The second-order valence-corrected chi connectivity index (χ2v) is 5.40. The van der Waals surface area contributed by atoms with E-state index in [-0.39, 0.29) is 22.7 Å². The number of thiazole rings is 1. The van der Waals surface area contributed by atoms with Gasteiger partial charge in [-0.05, 0) is 27.9 Å². The van der Waals surface area contributed by atoms with Crippen LogP contribution in [0.2, 0.25) is 0 Å². The molecule has 1 amide bonds. The molecule has 0 fully saturated rings. The van der Waals surface area contributed by atoms with E-state index in [0.717, 1.165) is 17.9 Å². The summed E-state index contributed by atoms with van der Waals surface area (Å²) in [5, 5.41) is 10.4. The molecule has 1 aromatic rings. The molecule has 1 atom stereocenters. The van der Waals surface area contributed by atoms with Crippen LogP contribution in [0.15, 0.2) is 5.38 Å². The molecule has 1 unspecified atom stereocenters. The van der Waals surface area contributed by atoms with Gasteiger partial charge in [-0.1, -0.05) is 0 Å². The van der Waals surface area contributed by atoms with Gasteiger partial charge in [0.05, 0.1) is 0 Å². The Labute approximate surface area is 116 Å². The first-order valence-corrected chi connectivity index (χ1v) is 6.89. The van der Waals surface area contributed by atoms with E-state index in [2.05, 4.69) is 4.98 Å². The molecule has 7 heteroatoms. The lowest BCUT2D eigenvalue weighted by atomic mass is 10.2. The minimum absolute atomic E-state index is 0.0460. The maximum Gasteiger partial charge on any atom is 0.355 e. The van der Waals surface area contributed by atoms with Crippen LogP contribution < -0.4 is 0 Å². The van der Waals surface area contributed by atoms with Crippen molar-refractivity contribution in [3.63, 3.8) is 0 Å². The molecule has 1 rings (SSSR count). The molecule has 1 N–H and O–H groups in total. The van der Waals surface area contributed by atoms with Crippen LogP contribution in [0, 0.1) is 0 Å².